The largest absolute Gasteiger partial charge is 0.367 e. The lowest BCUT2D eigenvalue weighted by Gasteiger charge is -2.01. The van der Waals surface area contributed by atoms with Gasteiger partial charge in [0.05, 0.1) is 5.56 Å². The molecule has 3 aromatic rings. The highest BCUT2D eigenvalue weighted by molar-refractivity contribution is 5.86. The van der Waals surface area contributed by atoms with E-state index in [1.807, 2.05) is 6.07 Å². The molecule has 6 heteroatoms. The standard InChI is InChI=1S/C13H10N4O2/c14-13-11(8-2-1-5-15-6-8)12(17-19-13)9-3-4-10(18)16-7-9/h1-7H,14H2,(H,16,18). The number of aromatic amines is 1. The molecule has 0 aliphatic carbocycles. The number of anilines is 1. The van der Waals surface area contributed by atoms with Gasteiger partial charge < -0.3 is 15.2 Å². The zero-order valence-electron chi connectivity index (χ0n) is 9.83. The summed E-state index contributed by atoms with van der Waals surface area (Å²) in [4.78, 5) is 17.7. The van der Waals surface area contributed by atoms with Crippen LogP contribution in [0.3, 0.4) is 0 Å². The Morgan fingerprint density at radius 3 is 2.79 bits per heavy atom. The minimum atomic E-state index is -0.178. The maximum absolute atomic E-state index is 11.1. The SMILES string of the molecule is Nc1onc(-c2ccc(=O)[nH]c2)c1-c1cccnc1. The summed E-state index contributed by atoms with van der Waals surface area (Å²) in [6.45, 7) is 0. The normalized spacial score (nSPS) is 10.5. The van der Waals surface area contributed by atoms with Gasteiger partial charge in [-0.05, 0) is 12.1 Å². The van der Waals surface area contributed by atoms with Crippen LogP contribution in [0.25, 0.3) is 22.4 Å². The molecule has 19 heavy (non-hydrogen) atoms. The highest BCUT2D eigenvalue weighted by Gasteiger charge is 2.17. The van der Waals surface area contributed by atoms with Gasteiger partial charge in [-0.2, -0.15) is 0 Å². The third kappa shape index (κ3) is 1.99. The van der Waals surface area contributed by atoms with Gasteiger partial charge in [-0.25, -0.2) is 0 Å². The number of nitrogens with two attached hydrogens (primary N) is 1. The van der Waals surface area contributed by atoms with E-state index < -0.39 is 0 Å². The minimum Gasteiger partial charge on any atom is -0.367 e. The maximum Gasteiger partial charge on any atom is 0.247 e. The Bertz CT molecular complexity index is 741. The number of nitrogens with zero attached hydrogens (tertiary/aromatic N) is 2. The van der Waals surface area contributed by atoms with Crippen molar-refractivity contribution < 1.29 is 4.52 Å². The van der Waals surface area contributed by atoms with Gasteiger partial charge in [0, 0.05) is 35.8 Å². The molecule has 0 aromatic carbocycles. The molecule has 0 atom stereocenters. The van der Waals surface area contributed by atoms with Gasteiger partial charge in [0.15, 0.2) is 0 Å². The van der Waals surface area contributed by atoms with Gasteiger partial charge in [0.25, 0.3) is 0 Å². The van der Waals surface area contributed by atoms with Gasteiger partial charge in [0.1, 0.15) is 5.69 Å². The van der Waals surface area contributed by atoms with Crippen molar-refractivity contribution in [2.45, 2.75) is 0 Å². The van der Waals surface area contributed by atoms with Crippen LogP contribution in [0.1, 0.15) is 0 Å². The smallest absolute Gasteiger partial charge is 0.247 e. The van der Waals surface area contributed by atoms with E-state index in [1.54, 1.807) is 30.7 Å². The molecule has 94 valence electrons. The number of hydrogen-bond acceptors (Lipinski definition) is 5. The Kier molecular flexibility index (Phi) is 2.60. The average Bonchev–Trinajstić information content (AvgIpc) is 2.82. The molecule has 0 unspecified atom stereocenters. The molecule has 3 heterocycles. The summed E-state index contributed by atoms with van der Waals surface area (Å²) in [6.07, 6.45) is 4.92. The van der Waals surface area contributed by atoms with E-state index in [0.717, 1.165) is 11.1 Å². The minimum absolute atomic E-state index is 0.178. The summed E-state index contributed by atoms with van der Waals surface area (Å²) in [5.41, 5.74) is 8.40. The number of H-pyrrole nitrogens is 1. The highest BCUT2D eigenvalue weighted by Crippen LogP contribution is 2.34. The third-order valence-electron chi connectivity index (χ3n) is 2.73. The van der Waals surface area contributed by atoms with Crippen LogP contribution in [0, 0.1) is 0 Å². The second-order valence-corrected chi connectivity index (χ2v) is 3.95. The molecule has 0 saturated carbocycles. The summed E-state index contributed by atoms with van der Waals surface area (Å²) in [5, 5.41) is 3.94. The number of nitrogen functional groups attached to an aromatic ring is 1. The van der Waals surface area contributed by atoms with Crippen LogP contribution in [0.2, 0.25) is 0 Å². The number of hydrogen-bond donors (Lipinski definition) is 2. The first kappa shape index (κ1) is 11.2. The van der Waals surface area contributed by atoms with Crippen LogP contribution in [0.5, 0.6) is 0 Å². The van der Waals surface area contributed by atoms with Crippen LogP contribution in [0.15, 0.2) is 52.2 Å². The third-order valence-corrected chi connectivity index (χ3v) is 2.73. The van der Waals surface area contributed by atoms with E-state index in [9.17, 15) is 4.79 Å². The summed E-state index contributed by atoms with van der Waals surface area (Å²) in [6, 6.07) is 6.76. The second-order valence-electron chi connectivity index (χ2n) is 3.95. The Labute approximate surface area is 107 Å². The van der Waals surface area contributed by atoms with E-state index in [0.29, 0.717) is 11.3 Å². The number of pyridine rings is 2. The predicted octanol–water partition coefficient (Wildman–Crippen LogP) is 1.67. The topological polar surface area (TPSA) is 97.8 Å². The van der Waals surface area contributed by atoms with Gasteiger partial charge in [-0.1, -0.05) is 11.2 Å². The van der Waals surface area contributed by atoms with Crippen molar-refractivity contribution in [3.63, 3.8) is 0 Å². The van der Waals surface area contributed by atoms with Gasteiger partial charge in [0.2, 0.25) is 11.4 Å². The van der Waals surface area contributed by atoms with E-state index in [4.69, 9.17) is 10.3 Å². The zero-order chi connectivity index (χ0) is 13.2. The molecule has 0 amide bonds. The molecule has 0 spiro atoms. The molecule has 3 aromatic heterocycles. The quantitative estimate of drug-likeness (QED) is 0.725. The molecule has 0 saturated heterocycles. The van der Waals surface area contributed by atoms with Gasteiger partial charge in [-0.3, -0.25) is 9.78 Å². The van der Waals surface area contributed by atoms with Gasteiger partial charge in [-0.15, -0.1) is 0 Å². The van der Waals surface area contributed by atoms with Crippen molar-refractivity contribution in [2.24, 2.45) is 0 Å². The average molecular weight is 254 g/mol. The first-order valence-electron chi connectivity index (χ1n) is 5.60. The van der Waals surface area contributed by atoms with Crippen LogP contribution in [0.4, 0.5) is 5.88 Å². The van der Waals surface area contributed by atoms with E-state index in [2.05, 4.69) is 15.1 Å². The molecule has 3 rings (SSSR count). The summed E-state index contributed by atoms with van der Waals surface area (Å²) in [5.74, 6) is 0.217. The van der Waals surface area contributed by atoms with E-state index in [1.165, 1.54) is 6.07 Å². The van der Waals surface area contributed by atoms with Crippen LogP contribution in [-0.2, 0) is 0 Å². The molecule has 0 fully saturated rings. The fourth-order valence-corrected chi connectivity index (χ4v) is 1.85. The fourth-order valence-electron chi connectivity index (χ4n) is 1.85. The van der Waals surface area contributed by atoms with Crippen molar-refractivity contribution in [1.82, 2.24) is 15.1 Å². The lowest BCUT2D eigenvalue weighted by Crippen LogP contribution is -2.01. The first-order chi connectivity index (χ1) is 9.25. The summed E-state index contributed by atoms with van der Waals surface area (Å²) >= 11 is 0. The van der Waals surface area contributed by atoms with Crippen molar-refractivity contribution in [3.05, 3.63) is 53.2 Å². The molecule has 0 bridgehead atoms. The second kappa shape index (κ2) is 4.41. The van der Waals surface area contributed by atoms with Gasteiger partial charge >= 0.3 is 0 Å². The van der Waals surface area contributed by atoms with E-state index in [-0.39, 0.29) is 11.4 Å². The molecule has 6 nitrogen and oxygen atoms in total. The Morgan fingerprint density at radius 1 is 1.21 bits per heavy atom. The van der Waals surface area contributed by atoms with Crippen molar-refractivity contribution in [2.75, 3.05) is 5.73 Å². The molecule has 0 aliphatic heterocycles. The van der Waals surface area contributed by atoms with Crippen LogP contribution < -0.4 is 11.3 Å². The summed E-state index contributed by atoms with van der Waals surface area (Å²) < 4.78 is 5.04. The molecule has 3 N–H and O–H groups in total. The maximum atomic E-state index is 11.1. The molecule has 0 radical (unpaired) electrons. The summed E-state index contributed by atoms with van der Waals surface area (Å²) in [7, 11) is 0. The van der Waals surface area contributed by atoms with E-state index >= 15 is 0 Å². The zero-order valence-corrected chi connectivity index (χ0v) is 9.83. The fraction of sp³-hybridized carbons (Fsp3) is 0. The number of nitrogens with one attached hydrogen (secondary N) is 1. The van der Waals surface area contributed by atoms with Crippen molar-refractivity contribution in [3.8, 4) is 22.4 Å². The van der Waals surface area contributed by atoms with Crippen molar-refractivity contribution >= 4 is 5.88 Å². The first-order valence-corrected chi connectivity index (χ1v) is 5.60. The molecular formula is C13H10N4O2. The Morgan fingerprint density at radius 2 is 2.11 bits per heavy atom. The lowest BCUT2D eigenvalue weighted by atomic mass is 10.0. The molecule has 0 aliphatic rings. The number of aromatic nitrogens is 3. The van der Waals surface area contributed by atoms with Crippen LogP contribution >= 0.6 is 0 Å². The monoisotopic (exact) mass is 254 g/mol. The Balaban J connectivity index is 2.19. The Hall–Kier alpha value is -2.89. The van der Waals surface area contributed by atoms with Crippen LogP contribution in [-0.4, -0.2) is 15.1 Å². The highest BCUT2D eigenvalue weighted by atomic mass is 16.5. The number of rotatable bonds is 2. The molecular weight excluding hydrogens is 244 g/mol. The lowest BCUT2D eigenvalue weighted by molar-refractivity contribution is 0.439. The van der Waals surface area contributed by atoms with Crippen molar-refractivity contribution in [1.29, 1.82) is 0 Å². The predicted molar refractivity (Wildman–Crippen MR) is 70.2 cm³/mol.